The second-order valence-corrected chi connectivity index (χ2v) is 5.08. The molecule has 21 heavy (non-hydrogen) atoms. The normalized spacial score (nSPS) is 11.1. The number of hydrogen-bond donors (Lipinski definition) is 2. The van der Waals surface area contributed by atoms with Gasteiger partial charge in [0, 0.05) is 17.8 Å². The first-order valence-corrected chi connectivity index (χ1v) is 7.19. The van der Waals surface area contributed by atoms with Crippen molar-refractivity contribution in [3.8, 4) is 0 Å². The first-order chi connectivity index (χ1) is 10.0. The molecule has 0 aliphatic heterocycles. The van der Waals surface area contributed by atoms with Crippen molar-refractivity contribution in [2.24, 2.45) is 5.10 Å². The predicted molar refractivity (Wildman–Crippen MR) is 85.2 cm³/mol. The fourth-order valence-corrected chi connectivity index (χ4v) is 1.75. The largest absolute Gasteiger partial charge is 0.326 e. The van der Waals surface area contributed by atoms with Crippen molar-refractivity contribution < 1.29 is 9.59 Å². The molecule has 5 nitrogen and oxygen atoms in total. The third-order valence-electron chi connectivity index (χ3n) is 2.85. The summed E-state index contributed by atoms with van der Waals surface area (Å²) in [6, 6.07) is 7.59. The first-order valence-electron chi connectivity index (χ1n) is 7.19. The van der Waals surface area contributed by atoms with Gasteiger partial charge in [-0.05, 0) is 38.0 Å². The maximum absolute atomic E-state index is 11.8. The summed E-state index contributed by atoms with van der Waals surface area (Å²) < 4.78 is 0. The second-order valence-electron chi connectivity index (χ2n) is 5.08. The Hall–Kier alpha value is -2.17. The molecule has 0 saturated heterocycles. The highest BCUT2D eigenvalue weighted by molar-refractivity contribution is 6.05. The van der Waals surface area contributed by atoms with Crippen LogP contribution in [0, 0.1) is 6.92 Å². The summed E-state index contributed by atoms with van der Waals surface area (Å²) in [7, 11) is 0. The van der Waals surface area contributed by atoms with Gasteiger partial charge in [0.25, 0.3) is 0 Å². The lowest BCUT2D eigenvalue weighted by atomic mass is 10.2. The molecular formula is C16H23N3O2. The number of nitrogens with one attached hydrogen (secondary N) is 2. The molecule has 0 atom stereocenters. The Bertz CT molecular complexity index is 524. The molecule has 0 aliphatic carbocycles. The number of amides is 2. The number of benzene rings is 1. The molecule has 0 aromatic heterocycles. The quantitative estimate of drug-likeness (QED) is 0.598. The van der Waals surface area contributed by atoms with Crippen molar-refractivity contribution in [3.63, 3.8) is 0 Å². The molecule has 0 heterocycles. The Morgan fingerprint density at radius 1 is 1.24 bits per heavy atom. The fraction of sp³-hybridized carbons (Fsp3) is 0.438. The summed E-state index contributed by atoms with van der Waals surface area (Å²) in [4.78, 5) is 23.2. The highest BCUT2D eigenvalue weighted by Gasteiger charge is 2.05. The molecule has 0 radical (unpaired) electrons. The standard InChI is InChI=1S/C16H23N3O2/c1-4-5-9-15(20)19-18-13(3)11-16(21)17-14-8-6-7-12(2)10-14/h6-8,10H,4-5,9,11H2,1-3H3,(H,17,21)(H,19,20). The highest BCUT2D eigenvalue weighted by atomic mass is 16.2. The monoisotopic (exact) mass is 289 g/mol. The van der Waals surface area contributed by atoms with Crippen LogP contribution in [-0.2, 0) is 9.59 Å². The molecule has 1 aromatic carbocycles. The van der Waals surface area contributed by atoms with E-state index >= 15 is 0 Å². The Kier molecular flexibility index (Phi) is 7.15. The lowest BCUT2D eigenvalue weighted by Gasteiger charge is -2.06. The number of nitrogens with zero attached hydrogens (tertiary/aromatic N) is 1. The Labute approximate surface area is 125 Å². The van der Waals surface area contributed by atoms with Crippen molar-refractivity contribution in [2.75, 3.05) is 5.32 Å². The van der Waals surface area contributed by atoms with E-state index in [1.807, 2.05) is 38.1 Å². The molecular weight excluding hydrogens is 266 g/mol. The molecule has 0 saturated carbocycles. The summed E-state index contributed by atoms with van der Waals surface area (Å²) in [6.45, 7) is 5.71. The molecule has 0 bridgehead atoms. The van der Waals surface area contributed by atoms with Crippen LogP contribution in [0.4, 0.5) is 5.69 Å². The maximum atomic E-state index is 11.8. The second kappa shape index (κ2) is 8.89. The van der Waals surface area contributed by atoms with Gasteiger partial charge in [0.2, 0.25) is 11.8 Å². The van der Waals surface area contributed by atoms with Gasteiger partial charge in [0.05, 0.1) is 6.42 Å². The molecule has 0 unspecified atom stereocenters. The minimum Gasteiger partial charge on any atom is -0.326 e. The molecule has 0 aliphatic rings. The van der Waals surface area contributed by atoms with Gasteiger partial charge in [-0.1, -0.05) is 25.5 Å². The van der Waals surface area contributed by atoms with Crippen molar-refractivity contribution in [1.82, 2.24) is 5.43 Å². The van der Waals surface area contributed by atoms with E-state index in [0.29, 0.717) is 12.1 Å². The number of aryl methyl sites for hydroxylation is 1. The van der Waals surface area contributed by atoms with Crippen LogP contribution in [-0.4, -0.2) is 17.5 Å². The number of hydrogen-bond acceptors (Lipinski definition) is 3. The zero-order chi connectivity index (χ0) is 15.7. The lowest BCUT2D eigenvalue weighted by molar-refractivity contribution is -0.121. The van der Waals surface area contributed by atoms with Gasteiger partial charge < -0.3 is 5.32 Å². The smallest absolute Gasteiger partial charge is 0.240 e. The van der Waals surface area contributed by atoms with E-state index in [9.17, 15) is 9.59 Å². The van der Waals surface area contributed by atoms with Crippen LogP contribution in [0.15, 0.2) is 29.4 Å². The van der Waals surface area contributed by atoms with E-state index in [0.717, 1.165) is 24.1 Å². The molecule has 1 rings (SSSR count). The summed E-state index contributed by atoms with van der Waals surface area (Å²) in [6.07, 6.45) is 2.42. The van der Waals surface area contributed by atoms with E-state index in [1.165, 1.54) is 0 Å². The third-order valence-corrected chi connectivity index (χ3v) is 2.85. The van der Waals surface area contributed by atoms with Crippen LogP contribution in [0.25, 0.3) is 0 Å². The van der Waals surface area contributed by atoms with Crippen molar-refractivity contribution in [1.29, 1.82) is 0 Å². The van der Waals surface area contributed by atoms with Gasteiger partial charge in [-0.3, -0.25) is 9.59 Å². The van der Waals surface area contributed by atoms with Crippen LogP contribution in [0.5, 0.6) is 0 Å². The van der Waals surface area contributed by atoms with Crippen LogP contribution in [0.1, 0.15) is 45.1 Å². The molecule has 2 amide bonds. The zero-order valence-electron chi connectivity index (χ0n) is 12.9. The molecule has 1 aromatic rings. The van der Waals surface area contributed by atoms with E-state index in [2.05, 4.69) is 15.8 Å². The summed E-state index contributed by atoms with van der Waals surface area (Å²) in [5.41, 5.74) is 4.89. The lowest BCUT2D eigenvalue weighted by Crippen LogP contribution is -2.21. The Morgan fingerprint density at radius 3 is 2.67 bits per heavy atom. The SMILES string of the molecule is CCCCC(=O)NN=C(C)CC(=O)Nc1cccc(C)c1. The highest BCUT2D eigenvalue weighted by Crippen LogP contribution is 2.09. The number of carbonyl (C=O) groups excluding carboxylic acids is 2. The topological polar surface area (TPSA) is 70.6 Å². The van der Waals surface area contributed by atoms with Gasteiger partial charge in [0.1, 0.15) is 0 Å². The van der Waals surface area contributed by atoms with Gasteiger partial charge >= 0.3 is 0 Å². The summed E-state index contributed by atoms with van der Waals surface area (Å²) in [5, 5.41) is 6.74. The van der Waals surface area contributed by atoms with E-state index in [-0.39, 0.29) is 18.2 Å². The van der Waals surface area contributed by atoms with Crippen LogP contribution < -0.4 is 10.7 Å². The van der Waals surface area contributed by atoms with Crippen LogP contribution in [0.2, 0.25) is 0 Å². The number of rotatable bonds is 7. The number of unbranched alkanes of at least 4 members (excludes halogenated alkanes) is 1. The van der Waals surface area contributed by atoms with Gasteiger partial charge in [-0.15, -0.1) is 0 Å². The average Bonchev–Trinajstić information content (AvgIpc) is 2.42. The minimum atomic E-state index is -0.148. The molecule has 0 spiro atoms. The molecule has 114 valence electrons. The first kappa shape index (κ1) is 16.9. The van der Waals surface area contributed by atoms with Crippen molar-refractivity contribution in [2.45, 2.75) is 46.5 Å². The Balaban J connectivity index is 2.41. The van der Waals surface area contributed by atoms with E-state index in [4.69, 9.17) is 0 Å². The Morgan fingerprint density at radius 2 is 2.00 bits per heavy atom. The third kappa shape index (κ3) is 7.25. The zero-order valence-corrected chi connectivity index (χ0v) is 12.9. The number of anilines is 1. The van der Waals surface area contributed by atoms with Gasteiger partial charge in [-0.2, -0.15) is 5.10 Å². The molecule has 5 heteroatoms. The van der Waals surface area contributed by atoms with E-state index in [1.54, 1.807) is 6.92 Å². The average molecular weight is 289 g/mol. The summed E-state index contributed by atoms with van der Waals surface area (Å²) >= 11 is 0. The van der Waals surface area contributed by atoms with Crippen LogP contribution >= 0.6 is 0 Å². The van der Waals surface area contributed by atoms with Gasteiger partial charge in [0.15, 0.2) is 0 Å². The molecule has 0 fully saturated rings. The summed E-state index contributed by atoms with van der Waals surface area (Å²) in [5.74, 6) is -0.264. The van der Waals surface area contributed by atoms with Crippen molar-refractivity contribution in [3.05, 3.63) is 29.8 Å². The predicted octanol–water partition coefficient (Wildman–Crippen LogP) is 3.01. The fourth-order valence-electron chi connectivity index (χ4n) is 1.75. The number of hydrazone groups is 1. The van der Waals surface area contributed by atoms with E-state index < -0.39 is 0 Å². The molecule has 2 N–H and O–H groups in total. The van der Waals surface area contributed by atoms with Crippen molar-refractivity contribution >= 4 is 23.2 Å². The minimum absolute atomic E-state index is 0.115. The van der Waals surface area contributed by atoms with Crippen LogP contribution in [0.3, 0.4) is 0 Å². The maximum Gasteiger partial charge on any atom is 0.240 e. The number of carbonyl (C=O) groups is 2. The van der Waals surface area contributed by atoms with Gasteiger partial charge in [-0.25, -0.2) is 5.43 Å².